The molecule has 2 aromatic rings. The number of nitrogens with one attached hydrogen (secondary N) is 3. The van der Waals surface area contributed by atoms with Gasteiger partial charge in [0.15, 0.2) is 5.69 Å². The average Bonchev–Trinajstić information content (AvgIpc) is 3.03. The van der Waals surface area contributed by atoms with Crippen molar-refractivity contribution in [1.82, 2.24) is 20.8 Å². The van der Waals surface area contributed by atoms with Gasteiger partial charge in [0.2, 0.25) is 0 Å². The summed E-state index contributed by atoms with van der Waals surface area (Å²) in [6.07, 6.45) is 0.805. The third-order valence-electron chi connectivity index (χ3n) is 4.59. The number of aromatic amines is 1. The van der Waals surface area contributed by atoms with E-state index in [2.05, 4.69) is 20.8 Å². The van der Waals surface area contributed by atoms with Crippen molar-refractivity contribution in [2.75, 3.05) is 25.1 Å². The summed E-state index contributed by atoms with van der Waals surface area (Å²) in [5.41, 5.74) is 2.85. The number of para-hydroxylation sites is 2. The van der Waals surface area contributed by atoms with Crippen LogP contribution in [0.25, 0.3) is 0 Å². The Balaban J connectivity index is 1.54. The quantitative estimate of drug-likeness (QED) is 0.725. The first kappa shape index (κ1) is 15.6. The van der Waals surface area contributed by atoms with Crippen molar-refractivity contribution in [3.8, 4) is 5.75 Å². The molecule has 0 fully saturated rings. The van der Waals surface area contributed by atoms with Crippen LogP contribution in [0.3, 0.4) is 0 Å². The predicted molar refractivity (Wildman–Crippen MR) is 90.6 cm³/mol. The van der Waals surface area contributed by atoms with Crippen molar-refractivity contribution >= 4 is 17.5 Å². The summed E-state index contributed by atoms with van der Waals surface area (Å²) in [4.78, 5) is 26.8. The number of carbonyl (C=O) groups excluding carboxylic acids is 2. The third kappa shape index (κ3) is 2.74. The number of benzene rings is 1. The van der Waals surface area contributed by atoms with Gasteiger partial charge in [-0.25, -0.2) is 0 Å². The number of carbonyl (C=O) groups is 2. The fourth-order valence-corrected chi connectivity index (χ4v) is 3.20. The van der Waals surface area contributed by atoms with E-state index in [1.807, 2.05) is 18.2 Å². The molecule has 0 bridgehead atoms. The highest BCUT2D eigenvalue weighted by Crippen LogP contribution is 2.29. The van der Waals surface area contributed by atoms with Gasteiger partial charge in [-0.3, -0.25) is 14.7 Å². The van der Waals surface area contributed by atoms with Crippen molar-refractivity contribution in [3.05, 3.63) is 41.2 Å². The molecule has 0 saturated carbocycles. The number of anilines is 1. The smallest absolute Gasteiger partial charge is 0.272 e. The zero-order valence-electron chi connectivity index (χ0n) is 13.8. The van der Waals surface area contributed by atoms with E-state index >= 15 is 0 Å². The van der Waals surface area contributed by atoms with Crippen molar-refractivity contribution in [3.63, 3.8) is 0 Å². The van der Waals surface area contributed by atoms with Gasteiger partial charge in [0.25, 0.3) is 11.8 Å². The highest BCUT2D eigenvalue weighted by atomic mass is 16.5. The van der Waals surface area contributed by atoms with Gasteiger partial charge >= 0.3 is 0 Å². The second-order valence-electron chi connectivity index (χ2n) is 6.16. The molecular weight excluding hydrogens is 322 g/mol. The van der Waals surface area contributed by atoms with Gasteiger partial charge in [-0.05, 0) is 12.1 Å². The first-order valence-electron chi connectivity index (χ1n) is 8.22. The summed E-state index contributed by atoms with van der Waals surface area (Å²) in [5.74, 6) is 0.0276. The van der Waals surface area contributed by atoms with Crippen LogP contribution in [-0.2, 0) is 17.8 Å². The zero-order chi connectivity index (χ0) is 17.4. The Morgan fingerprint density at radius 2 is 2.24 bits per heavy atom. The van der Waals surface area contributed by atoms with Crippen LogP contribution in [0.15, 0.2) is 24.3 Å². The minimum absolute atomic E-state index is 0.0801. The van der Waals surface area contributed by atoms with E-state index in [4.69, 9.17) is 4.74 Å². The van der Waals surface area contributed by atoms with Gasteiger partial charge in [0.1, 0.15) is 18.4 Å². The van der Waals surface area contributed by atoms with Crippen LogP contribution in [0.5, 0.6) is 5.75 Å². The molecule has 8 nitrogen and oxygen atoms in total. The number of hydrogen-bond donors (Lipinski definition) is 3. The summed E-state index contributed by atoms with van der Waals surface area (Å²) in [6.45, 7) is 1.53. The fourth-order valence-electron chi connectivity index (χ4n) is 3.20. The van der Waals surface area contributed by atoms with Crippen LogP contribution in [-0.4, -0.2) is 48.3 Å². The number of ether oxygens (including phenoxy) is 1. The van der Waals surface area contributed by atoms with Crippen LogP contribution in [0, 0.1) is 0 Å². The zero-order valence-corrected chi connectivity index (χ0v) is 13.8. The monoisotopic (exact) mass is 341 g/mol. The second-order valence-corrected chi connectivity index (χ2v) is 6.16. The largest absolute Gasteiger partial charge is 0.489 e. The first-order valence-corrected chi connectivity index (χ1v) is 8.22. The van der Waals surface area contributed by atoms with Gasteiger partial charge in [0.05, 0.1) is 5.69 Å². The lowest BCUT2D eigenvalue weighted by Crippen LogP contribution is -2.49. The summed E-state index contributed by atoms with van der Waals surface area (Å²) in [5, 5.41) is 13.0. The third-order valence-corrected chi connectivity index (χ3v) is 4.59. The predicted octanol–water partition coefficient (Wildman–Crippen LogP) is 0.209. The maximum Gasteiger partial charge on any atom is 0.272 e. The van der Waals surface area contributed by atoms with Crippen molar-refractivity contribution < 1.29 is 14.3 Å². The molecule has 3 heterocycles. The number of aromatic nitrogens is 2. The van der Waals surface area contributed by atoms with Crippen LogP contribution < -0.4 is 20.3 Å². The molecule has 3 N–H and O–H groups in total. The van der Waals surface area contributed by atoms with E-state index in [9.17, 15) is 9.59 Å². The van der Waals surface area contributed by atoms with Crippen molar-refractivity contribution in [2.24, 2.45) is 0 Å². The standard InChI is InChI=1S/C17H19N5O3/c1-22-13-4-2-3-5-14(13)25-9-12(17(22)24)19-16(23)15-10-8-18-7-6-11(10)20-21-15/h2-5,12,18H,6-9H2,1H3,(H,19,23)(H,20,21). The van der Waals surface area contributed by atoms with E-state index < -0.39 is 6.04 Å². The van der Waals surface area contributed by atoms with E-state index in [0.29, 0.717) is 23.7 Å². The van der Waals surface area contributed by atoms with E-state index in [1.165, 1.54) is 4.90 Å². The van der Waals surface area contributed by atoms with Gasteiger partial charge in [0, 0.05) is 37.8 Å². The highest BCUT2D eigenvalue weighted by molar-refractivity contribution is 6.03. The molecule has 8 heteroatoms. The van der Waals surface area contributed by atoms with Gasteiger partial charge < -0.3 is 20.3 Å². The summed E-state index contributed by atoms with van der Waals surface area (Å²) < 4.78 is 5.71. The Bertz CT molecular complexity index is 831. The molecule has 0 aliphatic carbocycles. The number of nitrogens with zero attached hydrogens (tertiary/aromatic N) is 2. The molecule has 2 aliphatic heterocycles. The SMILES string of the molecule is CN1C(=O)C(NC(=O)c2n[nH]c3c2CNCC3)COc2ccccc21. The normalized spacial score (nSPS) is 19.5. The Morgan fingerprint density at radius 3 is 3.12 bits per heavy atom. The number of H-pyrrole nitrogens is 1. The molecule has 1 aromatic carbocycles. The lowest BCUT2D eigenvalue weighted by molar-refractivity contribution is -0.120. The van der Waals surface area contributed by atoms with Crippen LogP contribution in [0.4, 0.5) is 5.69 Å². The van der Waals surface area contributed by atoms with Crippen molar-refractivity contribution in [2.45, 2.75) is 19.0 Å². The molecule has 0 radical (unpaired) electrons. The van der Waals surface area contributed by atoms with E-state index in [-0.39, 0.29) is 18.4 Å². The molecule has 1 aromatic heterocycles. The minimum Gasteiger partial charge on any atom is -0.489 e. The Labute approximate surface area is 144 Å². The molecule has 2 aliphatic rings. The molecule has 130 valence electrons. The Hall–Kier alpha value is -2.87. The molecule has 4 rings (SSSR count). The molecule has 0 saturated heterocycles. The van der Waals surface area contributed by atoms with Gasteiger partial charge in [-0.15, -0.1) is 0 Å². The van der Waals surface area contributed by atoms with E-state index in [1.54, 1.807) is 13.1 Å². The lowest BCUT2D eigenvalue weighted by atomic mass is 10.1. The van der Waals surface area contributed by atoms with Crippen LogP contribution in [0.1, 0.15) is 21.7 Å². The minimum atomic E-state index is -0.770. The van der Waals surface area contributed by atoms with Gasteiger partial charge in [-0.1, -0.05) is 12.1 Å². The average molecular weight is 341 g/mol. The number of rotatable bonds is 2. The Morgan fingerprint density at radius 1 is 1.40 bits per heavy atom. The summed E-state index contributed by atoms with van der Waals surface area (Å²) in [6, 6.07) is 6.54. The number of fused-ring (bicyclic) bond motifs is 2. The molecule has 25 heavy (non-hydrogen) atoms. The van der Waals surface area contributed by atoms with Crippen LogP contribution in [0.2, 0.25) is 0 Å². The maximum atomic E-state index is 12.7. The van der Waals surface area contributed by atoms with Gasteiger partial charge in [-0.2, -0.15) is 5.10 Å². The molecule has 1 unspecified atom stereocenters. The second kappa shape index (κ2) is 6.21. The lowest BCUT2D eigenvalue weighted by Gasteiger charge is -2.20. The fraction of sp³-hybridized carbons (Fsp3) is 0.353. The molecule has 1 atom stereocenters. The Kier molecular flexibility index (Phi) is 3.89. The highest BCUT2D eigenvalue weighted by Gasteiger charge is 2.32. The topological polar surface area (TPSA) is 99.4 Å². The number of likely N-dealkylation sites (N-methyl/N-ethyl adjacent to an activating group) is 1. The number of hydrogen-bond acceptors (Lipinski definition) is 5. The first-order chi connectivity index (χ1) is 12.1. The van der Waals surface area contributed by atoms with Crippen molar-refractivity contribution in [1.29, 1.82) is 0 Å². The molecule has 2 amide bonds. The van der Waals surface area contributed by atoms with Crippen LogP contribution >= 0.6 is 0 Å². The number of amides is 2. The summed E-state index contributed by atoms with van der Waals surface area (Å²) >= 11 is 0. The van der Waals surface area contributed by atoms with E-state index in [0.717, 1.165) is 24.2 Å². The summed E-state index contributed by atoms with van der Waals surface area (Å²) in [7, 11) is 1.68. The molecular formula is C17H19N5O3. The molecule has 0 spiro atoms. The maximum absolute atomic E-state index is 12.7.